The Hall–Kier alpha value is -2.09. The Bertz CT molecular complexity index is 600. The zero-order valence-electron chi connectivity index (χ0n) is 12.6. The summed E-state index contributed by atoms with van der Waals surface area (Å²) in [7, 11) is 0. The first-order chi connectivity index (χ1) is 10.7. The highest BCUT2D eigenvalue weighted by Gasteiger charge is 2.35. The van der Waals surface area contributed by atoms with Crippen LogP contribution in [0.3, 0.4) is 0 Å². The van der Waals surface area contributed by atoms with E-state index in [4.69, 9.17) is 5.73 Å². The van der Waals surface area contributed by atoms with Crippen molar-refractivity contribution >= 4 is 11.9 Å². The summed E-state index contributed by atoms with van der Waals surface area (Å²) in [6.45, 7) is 1.65. The van der Waals surface area contributed by atoms with Crippen molar-refractivity contribution in [2.45, 2.75) is 38.0 Å². The van der Waals surface area contributed by atoms with Crippen LogP contribution in [0.25, 0.3) is 0 Å². The molecule has 0 bridgehead atoms. The molecule has 0 aromatic heterocycles. The molecule has 8 heteroatoms. The van der Waals surface area contributed by atoms with Crippen LogP contribution >= 0.6 is 0 Å². The second-order valence-corrected chi connectivity index (χ2v) is 5.62. The van der Waals surface area contributed by atoms with Crippen LogP contribution in [-0.2, 0) is 11.0 Å². The molecular weight excluding hydrogens is 311 g/mol. The lowest BCUT2D eigenvalue weighted by atomic mass is 10.0. The molecule has 0 aliphatic heterocycles. The predicted molar refractivity (Wildman–Crippen MR) is 77.3 cm³/mol. The number of amides is 3. The normalized spacial score (nSPS) is 16.2. The van der Waals surface area contributed by atoms with Gasteiger partial charge in [-0.05, 0) is 37.5 Å². The Kier molecular flexibility index (Phi) is 4.93. The lowest BCUT2D eigenvalue weighted by Crippen LogP contribution is -2.43. The van der Waals surface area contributed by atoms with Crippen molar-refractivity contribution in [3.63, 3.8) is 0 Å². The number of carbonyl (C=O) groups excluding carboxylic acids is 2. The number of rotatable bonds is 5. The summed E-state index contributed by atoms with van der Waals surface area (Å²) in [4.78, 5) is 24.2. The lowest BCUT2D eigenvalue weighted by molar-refractivity contribution is -0.137. The molecule has 1 atom stereocenters. The van der Waals surface area contributed by atoms with Gasteiger partial charge in [0.05, 0.1) is 12.1 Å². The summed E-state index contributed by atoms with van der Waals surface area (Å²) in [5, 5.41) is 1.98. The van der Waals surface area contributed by atoms with E-state index in [1.807, 2.05) is 5.32 Å². The third-order valence-electron chi connectivity index (χ3n) is 3.80. The lowest BCUT2D eigenvalue weighted by Gasteiger charge is -2.29. The number of nitrogens with two attached hydrogens (primary N) is 1. The van der Waals surface area contributed by atoms with E-state index in [0.29, 0.717) is 5.56 Å². The minimum absolute atomic E-state index is 0.0922. The molecular formula is C15H18F3N3O2. The van der Waals surface area contributed by atoms with Gasteiger partial charge in [0.2, 0.25) is 5.91 Å². The van der Waals surface area contributed by atoms with E-state index in [-0.39, 0.29) is 18.6 Å². The van der Waals surface area contributed by atoms with E-state index >= 15 is 0 Å². The number of urea groups is 1. The minimum Gasteiger partial charge on any atom is -0.351 e. The van der Waals surface area contributed by atoms with Crippen LogP contribution in [0.2, 0.25) is 0 Å². The van der Waals surface area contributed by atoms with Crippen LogP contribution in [-0.4, -0.2) is 29.4 Å². The average molecular weight is 329 g/mol. The Balaban J connectivity index is 2.16. The SMILES string of the molecule is C[C@H](c1cccc(C(F)(F)F)c1)N(CC(=O)NC(N)=O)C1CC1. The second kappa shape index (κ2) is 6.57. The van der Waals surface area contributed by atoms with Crippen molar-refractivity contribution in [1.29, 1.82) is 0 Å². The number of carbonyl (C=O) groups is 2. The first-order valence-electron chi connectivity index (χ1n) is 7.20. The van der Waals surface area contributed by atoms with Crippen LogP contribution in [0, 0.1) is 0 Å². The van der Waals surface area contributed by atoms with E-state index in [2.05, 4.69) is 0 Å². The molecule has 0 radical (unpaired) electrons. The maximum absolute atomic E-state index is 12.8. The fourth-order valence-corrected chi connectivity index (χ4v) is 2.50. The topological polar surface area (TPSA) is 75.4 Å². The number of primary amides is 1. The summed E-state index contributed by atoms with van der Waals surface area (Å²) in [6, 6.07) is 3.84. The van der Waals surface area contributed by atoms with Gasteiger partial charge in [0.25, 0.3) is 0 Å². The summed E-state index contributed by atoms with van der Waals surface area (Å²) < 4.78 is 38.5. The average Bonchev–Trinajstić information content (AvgIpc) is 3.27. The number of benzene rings is 1. The molecule has 126 valence electrons. The van der Waals surface area contributed by atoms with Crippen molar-refractivity contribution < 1.29 is 22.8 Å². The number of hydrogen-bond acceptors (Lipinski definition) is 3. The summed E-state index contributed by atoms with van der Waals surface area (Å²) >= 11 is 0. The maximum Gasteiger partial charge on any atom is 0.416 e. The summed E-state index contributed by atoms with van der Waals surface area (Å²) in [5.41, 5.74) is 4.65. The van der Waals surface area contributed by atoms with Gasteiger partial charge < -0.3 is 5.73 Å². The molecule has 1 aliphatic carbocycles. The van der Waals surface area contributed by atoms with E-state index in [9.17, 15) is 22.8 Å². The van der Waals surface area contributed by atoms with Crippen LogP contribution < -0.4 is 11.1 Å². The van der Waals surface area contributed by atoms with Crippen molar-refractivity contribution in [2.75, 3.05) is 6.54 Å². The Morgan fingerprint density at radius 3 is 2.57 bits per heavy atom. The Labute approximate surface area is 131 Å². The second-order valence-electron chi connectivity index (χ2n) is 5.62. The van der Waals surface area contributed by atoms with Crippen LogP contribution in [0.4, 0.5) is 18.0 Å². The Morgan fingerprint density at radius 1 is 1.39 bits per heavy atom. The van der Waals surface area contributed by atoms with Crippen LogP contribution in [0.1, 0.15) is 36.9 Å². The van der Waals surface area contributed by atoms with Gasteiger partial charge in [-0.15, -0.1) is 0 Å². The largest absolute Gasteiger partial charge is 0.416 e. The first-order valence-corrected chi connectivity index (χ1v) is 7.20. The molecule has 3 amide bonds. The number of hydrogen-bond donors (Lipinski definition) is 2. The van der Waals surface area contributed by atoms with Gasteiger partial charge in [-0.2, -0.15) is 13.2 Å². The molecule has 1 saturated carbocycles. The molecule has 1 aliphatic rings. The van der Waals surface area contributed by atoms with Crippen molar-refractivity contribution in [1.82, 2.24) is 10.2 Å². The molecule has 0 unspecified atom stereocenters. The minimum atomic E-state index is -4.41. The van der Waals surface area contributed by atoms with E-state index in [1.165, 1.54) is 6.07 Å². The van der Waals surface area contributed by atoms with Gasteiger partial charge in [0.1, 0.15) is 0 Å². The van der Waals surface area contributed by atoms with E-state index in [0.717, 1.165) is 25.0 Å². The van der Waals surface area contributed by atoms with Gasteiger partial charge >= 0.3 is 12.2 Å². The number of nitrogens with one attached hydrogen (secondary N) is 1. The van der Waals surface area contributed by atoms with Gasteiger partial charge in [-0.3, -0.25) is 15.0 Å². The third kappa shape index (κ3) is 4.69. The smallest absolute Gasteiger partial charge is 0.351 e. The zero-order chi connectivity index (χ0) is 17.2. The van der Waals surface area contributed by atoms with Gasteiger partial charge in [0, 0.05) is 12.1 Å². The fraction of sp³-hybridized carbons (Fsp3) is 0.467. The fourth-order valence-electron chi connectivity index (χ4n) is 2.50. The van der Waals surface area contributed by atoms with E-state index < -0.39 is 23.7 Å². The standard InChI is InChI=1S/C15H18F3N3O2/c1-9(10-3-2-4-11(7-10)15(16,17)18)21(12-5-6-12)8-13(22)20-14(19)23/h2-4,7,9,12H,5-6,8H2,1H3,(H3,19,20,22,23)/t9-/m1/s1. The number of nitrogens with zero attached hydrogens (tertiary/aromatic N) is 1. The number of halogens is 3. The highest BCUT2D eigenvalue weighted by atomic mass is 19.4. The van der Waals surface area contributed by atoms with Crippen molar-refractivity contribution in [3.05, 3.63) is 35.4 Å². The summed E-state index contributed by atoms with van der Waals surface area (Å²) in [5.74, 6) is -0.566. The highest BCUT2D eigenvalue weighted by molar-refractivity contribution is 5.94. The molecule has 0 heterocycles. The first kappa shape index (κ1) is 17.3. The predicted octanol–water partition coefficient (Wildman–Crippen LogP) is 2.43. The molecule has 1 aromatic rings. The van der Waals surface area contributed by atoms with E-state index in [1.54, 1.807) is 17.9 Å². The number of alkyl halides is 3. The molecule has 0 spiro atoms. The van der Waals surface area contributed by atoms with Crippen molar-refractivity contribution in [2.24, 2.45) is 5.73 Å². The highest BCUT2D eigenvalue weighted by Crippen LogP contribution is 2.36. The van der Waals surface area contributed by atoms with Gasteiger partial charge in [0.15, 0.2) is 0 Å². The zero-order valence-corrected chi connectivity index (χ0v) is 12.6. The maximum atomic E-state index is 12.8. The van der Waals surface area contributed by atoms with Crippen LogP contribution in [0.15, 0.2) is 24.3 Å². The van der Waals surface area contributed by atoms with Gasteiger partial charge in [-0.25, -0.2) is 4.79 Å². The van der Waals surface area contributed by atoms with Gasteiger partial charge in [-0.1, -0.05) is 12.1 Å². The third-order valence-corrected chi connectivity index (χ3v) is 3.80. The molecule has 5 nitrogen and oxygen atoms in total. The molecule has 0 saturated heterocycles. The van der Waals surface area contributed by atoms with Crippen LogP contribution in [0.5, 0.6) is 0 Å². The number of imide groups is 1. The molecule has 1 aromatic carbocycles. The molecule has 23 heavy (non-hydrogen) atoms. The monoisotopic (exact) mass is 329 g/mol. The Morgan fingerprint density at radius 2 is 2.04 bits per heavy atom. The van der Waals surface area contributed by atoms with Crippen molar-refractivity contribution in [3.8, 4) is 0 Å². The summed E-state index contributed by atoms with van der Waals surface area (Å²) in [6.07, 6.45) is -2.68. The molecule has 2 rings (SSSR count). The molecule has 3 N–H and O–H groups in total. The quantitative estimate of drug-likeness (QED) is 0.871. The molecule has 1 fully saturated rings.